The van der Waals surface area contributed by atoms with Crippen molar-refractivity contribution in [1.82, 2.24) is 0 Å². The fourth-order valence-corrected chi connectivity index (χ4v) is 2.39. The van der Waals surface area contributed by atoms with E-state index in [-0.39, 0.29) is 12.2 Å². The number of anilines is 1. The van der Waals surface area contributed by atoms with Crippen molar-refractivity contribution < 1.29 is 23.1 Å². The van der Waals surface area contributed by atoms with E-state index in [4.69, 9.17) is 0 Å². The largest absolute Gasteiger partial charge is 0.480 e. The number of carboxylic acid groups (broad SMARTS) is 1. The molecule has 0 aromatic heterocycles. The third-order valence-corrected chi connectivity index (χ3v) is 3.81. The maximum Gasteiger partial charge on any atom is 0.326 e. The second-order valence-corrected chi connectivity index (χ2v) is 6.88. The summed E-state index contributed by atoms with van der Waals surface area (Å²) in [6, 6.07) is 5.55. The first-order valence-electron chi connectivity index (χ1n) is 5.95. The Bertz CT molecular complexity index is 579. The van der Waals surface area contributed by atoms with Gasteiger partial charge in [-0.3, -0.25) is 4.79 Å². The molecule has 0 saturated heterocycles. The zero-order valence-electron chi connectivity index (χ0n) is 11.3. The lowest BCUT2D eigenvalue weighted by atomic mass is 10.1. The fourth-order valence-electron chi connectivity index (χ4n) is 1.74. The van der Waals surface area contributed by atoms with Gasteiger partial charge in [-0.1, -0.05) is 17.7 Å². The third kappa shape index (κ3) is 4.65. The van der Waals surface area contributed by atoms with Gasteiger partial charge in [-0.2, -0.15) is 0 Å². The molecular weight excluding hydrogens is 282 g/mol. The molecule has 6 nitrogen and oxygen atoms in total. The van der Waals surface area contributed by atoms with E-state index in [9.17, 15) is 23.1 Å². The first-order valence-corrected chi connectivity index (χ1v) is 8.01. The summed E-state index contributed by atoms with van der Waals surface area (Å²) in [5.74, 6) is -1.53. The normalized spacial score (nSPS) is 12.7. The molecule has 1 rings (SSSR count). The Labute approximate surface area is 117 Å². The fraction of sp³-hybridized carbons (Fsp3) is 0.385. The van der Waals surface area contributed by atoms with Gasteiger partial charge in [-0.25, -0.2) is 13.2 Å². The lowest BCUT2D eigenvalue weighted by Gasteiger charge is -2.25. The maximum absolute atomic E-state index is 11.3. The van der Waals surface area contributed by atoms with Gasteiger partial charge < -0.3 is 10.0 Å². The zero-order chi connectivity index (χ0) is 15.3. The van der Waals surface area contributed by atoms with E-state index < -0.39 is 21.8 Å². The molecule has 0 heterocycles. The highest BCUT2D eigenvalue weighted by atomic mass is 32.2. The smallest absolute Gasteiger partial charge is 0.326 e. The first kappa shape index (κ1) is 16.2. The summed E-state index contributed by atoms with van der Waals surface area (Å²) in [4.78, 5) is 23.5. The van der Waals surface area contributed by atoms with Crippen molar-refractivity contribution in [3.05, 3.63) is 29.8 Å². The number of carbonyl (C=O) groups excluding carboxylic acids is 1. The number of hydrogen-bond acceptors (Lipinski definition) is 4. The molecule has 1 aromatic rings. The highest BCUT2D eigenvalue weighted by Gasteiger charge is 2.26. The van der Waals surface area contributed by atoms with Crippen LogP contribution in [0.25, 0.3) is 0 Å². The van der Waals surface area contributed by atoms with E-state index in [2.05, 4.69) is 0 Å². The van der Waals surface area contributed by atoms with Gasteiger partial charge >= 0.3 is 5.97 Å². The number of carboxylic acids is 1. The minimum atomic E-state index is -3.29. The molecule has 20 heavy (non-hydrogen) atoms. The van der Waals surface area contributed by atoms with E-state index in [0.29, 0.717) is 12.1 Å². The highest BCUT2D eigenvalue weighted by Crippen LogP contribution is 2.18. The number of carbonyl (C=O) groups is 2. The second kappa shape index (κ2) is 6.51. The van der Waals surface area contributed by atoms with Crippen LogP contribution in [0.1, 0.15) is 12.0 Å². The van der Waals surface area contributed by atoms with Crippen molar-refractivity contribution in [2.45, 2.75) is 19.4 Å². The number of sulfone groups is 1. The van der Waals surface area contributed by atoms with Crippen molar-refractivity contribution in [1.29, 1.82) is 0 Å². The van der Waals surface area contributed by atoms with Crippen LogP contribution in [0.2, 0.25) is 0 Å². The Morgan fingerprint density at radius 2 is 1.90 bits per heavy atom. The average Bonchev–Trinajstić information content (AvgIpc) is 2.34. The van der Waals surface area contributed by atoms with Gasteiger partial charge in [-0.05, 0) is 25.5 Å². The van der Waals surface area contributed by atoms with Crippen LogP contribution in [-0.4, -0.2) is 44.0 Å². The van der Waals surface area contributed by atoms with Crippen molar-refractivity contribution in [2.75, 3.05) is 16.9 Å². The summed E-state index contributed by atoms with van der Waals surface area (Å²) < 4.78 is 22.3. The second-order valence-electron chi connectivity index (χ2n) is 4.62. The molecule has 0 aliphatic rings. The average molecular weight is 299 g/mol. The molecule has 7 heteroatoms. The Morgan fingerprint density at radius 1 is 1.35 bits per heavy atom. The third-order valence-electron chi connectivity index (χ3n) is 2.83. The van der Waals surface area contributed by atoms with Crippen LogP contribution in [0.5, 0.6) is 0 Å². The molecule has 1 amide bonds. The summed E-state index contributed by atoms with van der Waals surface area (Å²) in [6.45, 7) is 1.87. The number of rotatable bonds is 7. The number of amides is 1. The summed E-state index contributed by atoms with van der Waals surface area (Å²) in [5, 5.41) is 9.19. The summed E-state index contributed by atoms with van der Waals surface area (Å²) in [5.41, 5.74) is 1.40. The highest BCUT2D eigenvalue weighted by molar-refractivity contribution is 7.90. The van der Waals surface area contributed by atoms with E-state index in [0.717, 1.165) is 16.7 Å². The van der Waals surface area contributed by atoms with E-state index in [1.807, 2.05) is 6.92 Å². The van der Waals surface area contributed by atoms with E-state index in [1.54, 1.807) is 24.3 Å². The molecule has 1 N–H and O–H groups in total. The molecule has 0 bridgehead atoms. The number of aryl methyl sites for hydroxylation is 1. The Kier molecular flexibility index (Phi) is 5.26. The number of aliphatic carboxylic acids is 1. The van der Waals surface area contributed by atoms with E-state index >= 15 is 0 Å². The van der Waals surface area contributed by atoms with E-state index in [1.165, 1.54) is 0 Å². The maximum atomic E-state index is 11.3. The molecule has 0 aliphatic heterocycles. The summed E-state index contributed by atoms with van der Waals surface area (Å²) in [7, 11) is -3.29. The SMILES string of the molecule is Cc1ccc(N(C=O)C(CCS(C)(=O)=O)C(=O)O)cc1. The standard InChI is InChI=1S/C13H17NO5S/c1-10-3-5-11(6-4-10)14(9-15)12(13(16)17)7-8-20(2,18)19/h3-6,9,12H,7-8H2,1-2H3,(H,16,17). The summed E-state index contributed by atoms with van der Waals surface area (Å²) in [6.07, 6.45) is 1.29. The number of hydrogen-bond donors (Lipinski definition) is 1. The predicted octanol–water partition coefficient (Wildman–Crippen LogP) is 0.846. The first-order chi connectivity index (χ1) is 9.24. The van der Waals surface area contributed by atoms with Crippen LogP contribution in [0, 0.1) is 6.92 Å². The quantitative estimate of drug-likeness (QED) is 0.753. The van der Waals surface area contributed by atoms with Crippen LogP contribution in [-0.2, 0) is 19.4 Å². The van der Waals surface area contributed by atoms with Crippen molar-refractivity contribution in [3.8, 4) is 0 Å². The number of nitrogens with zero attached hydrogens (tertiary/aromatic N) is 1. The topological polar surface area (TPSA) is 91.8 Å². The lowest BCUT2D eigenvalue weighted by Crippen LogP contribution is -2.41. The Hall–Kier alpha value is -1.89. The van der Waals surface area contributed by atoms with Crippen molar-refractivity contribution in [3.63, 3.8) is 0 Å². The number of benzene rings is 1. The molecule has 1 aromatic carbocycles. The van der Waals surface area contributed by atoms with Crippen LogP contribution in [0.15, 0.2) is 24.3 Å². The van der Waals surface area contributed by atoms with Crippen LogP contribution < -0.4 is 4.90 Å². The molecule has 1 atom stereocenters. The molecule has 0 fully saturated rings. The van der Waals surface area contributed by atoms with Crippen molar-refractivity contribution in [2.24, 2.45) is 0 Å². The van der Waals surface area contributed by atoms with Crippen LogP contribution in [0.3, 0.4) is 0 Å². The van der Waals surface area contributed by atoms with Gasteiger partial charge in [0.25, 0.3) is 0 Å². The monoisotopic (exact) mass is 299 g/mol. The van der Waals surface area contributed by atoms with Crippen LogP contribution >= 0.6 is 0 Å². The molecule has 0 saturated carbocycles. The van der Waals surface area contributed by atoms with Crippen molar-refractivity contribution >= 4 is 27.9 Å². The molecule has 110 valence electrons. The molecule has 1 unspecified atom stereocenters. The molecule has 0 aliphatic carbocycles. The Balaban J connectivity index is 3.00. The minimum absolute atomic E-state index is 0.152. The zero-order valence-corrected chi connectivity index (χ0v) is 12.1. The molecular formula is C13H17NO5S. The molecule has 0 radical (unpaired) electrons. The summed E-state index contributed by atoms with van der Waals surface area (Å²) >= 11 is 0. The van der Waals surface area contributed by atoms with Gasteiger partial charge in [0.15, 0.2) is 0 Å². The molecule has 0 spiro atoms. The van der Waals surface area contributed by atoms with Crippen LogP contribution in [0.4, 0.5) is 5.69 Å². The predicted molar refractivity (Wildman–Crippen MR) is 75.5 cm³/mol. The Morgan fingerprint density at radius 3 is 2.30 bits per heavy atom. The van der Waals surface area contributed by atoms with Gasteiger partial charge in [0.2, 0.25) is 6.41 Å². The van der Waals surface area contributed by atoms with Gasteiger partial charge in [0.1, 0.15) is 15.9 Å². The lowest BCUT2D eigenvalue weighted by molar-refractivity contribution is -0.139. The van der Waals surface area contributed by atoms with Gasteiger partial charge in [0, 0.05) is 11.9 Å². The minimum Gasteiger partial charge on any atom is -0.480 e. The van der Waals surface area contributed by atoms with Gasteiger partial charge in [0.05, 0.1) is 5.75 Å². The van der Waals surface area contributed by atoms with Gasteiger partial charge in [-0.15, -0.1) is 0 Å².